The summed E-state index contributed by atoms with van der Waals surface area (Å²) in [5.41, 5.74) is 0.866. The predicted molar refractivity (Wildman–Crippen MR) is 125 cm³/mol. The maximum atomic E-state index is 12.8. The van der Waals surface area contributed by atoms with Crippen LogP contribution in [0, 0.1) is 6.92 Å². The van der Waals surface area contributed by atoms with E-state index >= 15 is 0 Å². The molecule has 0 amide bonds. The summed E-state index contributed by atoms with van der Waals surface area (Å²) >= 11 is 2.54. The van der Waals surface area contributed by atoms with Crippen molar-refractivity contribution < 1.29 is 17.7 Å². The molecule has 1 aromatic heterocycles. The Hall–Kier alpha value is -1.80. The van der Waals surface area contributed by atoms with Gasteiger partial charge in [-0.2, -0.15) is 4.31 Å². The van der Waals surface area contributed by atoms with Gasteiger partial charge in [-0.1, -0.05) is 26.0 Å². The van der Waals surface area contributed by atoms with E-state index in [-0.39, 0.29) is 34.7 Å². The van der Waals surface area contributed by atoms with Crippen LogP contribution in [0.25, 0.3) is 0 Å². The summed E-state index contributed by atoms with van der Waals surface area (Å²) in [5.74, 6) is -0.0597. The molecule has 1 aromatic carbocycles. The first-order chi connectivity index (χ1) is 14.2. The number of aromatic hydroxyl groups is 1. The molecule has 30 heavy (non-hydrogen) atoms. The van der Waals surface area contributed by atoms with Crippen molar-refractivity contribution in [1.82, 2.24) is 4.31 Å². The number of benzene rings is 1. The first-order valence-corrected chi connectivity index (χ1v) is 13.0. The molecule has 2 heterocycles. The molecule has 1 atom stereocenters. The number of hydrogen-bond donors (Lipinski definition) is 3. The Bertz CT molecular complexity index is 1160. The number of hydrogen-bond acceptors (Lipinski definition) is 7. The van der Waals surface area contributed by atoms with Crippen molar-refractivity contribution in [3.05, 3.63) is 33.6 Å². The van der Waals surface area contributed by atoms with E-state index in [1.54, 1.807) is 26.8 Å². The number of aryl methyl sites for hydroxylation is 1. The van der Waals surface area contributed by atoms with Gasteiger partial charge in [0.25, 0.3) is 21.2 Å². The minimum absolute atomic E-state index is 0.132. The topological polar surface area (TPSA) is 123 Å². The molecule has 3 N–H and O–H groups in total. The molecule has 3 rings (SSSR count). The number of nitrogens with one attached hydrogen (secondary N) is 2. The van der Waals surface area contributed by atoms with Gasteiger partial charge in [0.1, 0.15) is 0 Å². The second-order valence-corrected chi connectivity index (χ2v) is 11.1. The molecule has 2 aromatic rings. The summed E-state index contributed by atoms with van der Waals surface area (Å²) in [5, 5.41) is 16.6. The van der Waals surface area contributed by atoms with Crippen LogP contribution in [0.1, 0.15) is 18.7 Å². The SMILES string of the molecule is CCN(CC)S(=O)(=O)c1sc(C)c(NC2=NS(=O)N=C2Nc2ccccc2Br)c1O. The normalized spacial score (nSPS) is 16.5. The molecule has 0 saturated heterocycles. The molecule has 1 aliphatic heterocycles. The molecule has 0 fully saturated rings. The van der Waals surface area contributed by atoms with E-state index in [4.69, 9.17) is 0 Å². The van der Waals surface area contributed by atoms with Crippen LogP contribution in [0.15, 0.2) is 41.7 Å². The van der Waals surface area contributed by atoms with Crippen LogP contribution in [-0.4, -0.2) is 46.8 Å². The summed E-state index contributed by atoms with van der Waals surface area (Å²) in [4.78, 5) is 0.541. The second kappa shape index (κ2) is 9.14. The summed E-state index contributed by atoms with van der Waals surface area (Å²) < 4.78 is 47.4. The Morgan fingerprint density at radius 2 is 1.77 bits per heavy atom. The van der Waals surface area contributed by atoms with Gasteiger partial charge in [0.05, 0.1) is 11.4 Å². The van der Waals surface area contributed by atoms with E-state index in [0.29, 0.717) is 10.6 Å². The molecule has 0 saturated carbocycles. The average Bonchev–Trinajstić information content (AvgIpc) is 3.18. The molecule has 0 bridgehead atoms. The van der Waals surface area contributed by atoms with Crippen LogP contribution in [0.3, 0.4) is 0 Å². The van der Waals surface area contributed by atoms with Crippen LogP contribution in [0.4, 0.5) is 11.4 Å². The molecule has 0 aliphatic carbocycles. The third kappa shape index (κ3) is 4.44. The highest BCUT2D eigenvalue weighted by atomic mass is 79.9. The Morgan fingerprint density at radius 1 is 1.17 bits per heavy atom. The van der Waals surface area contributed by atoms with Gasteiger partial charge in [-0.15, -0.1) is 20.1 Å². The van der Waals surface area contributed by atoms with E-state index in [2.05, 4.69) is 35.4 Å². The summed E-state index contributed by atoms with van der Waals surface area (Å²) in [6.07, 6.45) is 0. The molecule has 0 spiro atoms. The smallest absolute Gasteiger partial charge is 0.269 e. The number of rotatable bonds is 6. The van der Waals surface area contributed by atoms with Crippen LogP contribution in [0.5, 0.6) is 5.75 Å². The minimum atomic E-state index is -3.84. The fourth-order valence-corrected chi connectivity index (χ4v) is 6.85. The van der Waals surface area contributed by atoms with Crippen molar-refractivity contribution in [3.63, 3.8) is 0 Å². The number of sulfonamides is 1. The van der Waals surface area contributed by atoms with Gasteiger partial charge in [-0.05, 0) is 35.0 Å². The van der Waals surface area contributed by atoms with Gasteiger partial charge in [0.15, 0.2) is 21.6 Å². The number of halogens is 1. The second-order valence-electron chi connectivity index (χ2n) is 6.10. The Morgan fingerprint density at radius 3 is 2.37 bits per heavy atom. The summed E-state index contributed by atoms with van der Waals surface area (Å²) in [7, 11) is -3.84. The molecule has 13 heteroatoms. The highest BCUT2D eigenvalue weighted by Gasteiger charge is 2.31. The third-order valence-electron chi connectivity index (χ3n) is 4.24. The van der Waals surface area contributed by atoms with Gasteiger partial charge in [-0.25, -0.2) is 12.6 Å². The highest BCUT2D eigenvalue weighted by Crippen LogP contribution is 2.43. The quantitative estimate of drug-likeness (QED) is 0.522. The monoisotopic (exact) mass is 533 g/mol. The Kier molecular flexibility index (Phi) is 6.97. The fraction of sp³-hybridized carbons (Fsp3) is 0.294. The largest absolute Gasteiger partial charge is 0.504 e. The van der Waals surface area contributed by atoms with Gasteiger partial charge in [0.2, 0.25) is 0 Å². The molecular formula is C17H20BrN5O4S3. The Labute approximate surface area is 189 Å². The number of para-hydroxylation sites is 1. The van der Waals surface area contributed by atoms with Crippen LogP contribution >= 0.6 is 27.3 Å². The third-order valence-corrected chi connectivity index (χ3v) is 9.24. The summed E-state index contributed by atoms with van der Waals surface area (Å²) in [6, 6.07) is 7.30. The molecule has 162 valence electrons. The van der Waals surface area contributed by atoms with Crippen LogP contribution < -0.4 is 10.6 Å². The van der Waals surface area contributed by atoms with Crippen molar-refractivity contribution in [1.29, 1.82) is 0 Å². The Balaban J connectivity index is 1.92. The van der Waals surface area contributed by atoms with Gasteiger partial charge in [0, 0.05) is 22.4 Å². The zero-order valence-corrected chi connectivity index (χ0v) is 20.4. The van der Waals surface area contributed by atoms with E-state index in [1.165, 1.54) is 4.31 Å². The van der Waals surface area contributed by atoms with Crippen molar-refractivity contribution in [3.8, 4) is 5.75 Å². The summed E-state index contributed by atoms with van der Waals surface area (Å²) in [6.45, 7) is 5.72. The number of anilines is 2. The maximum absolute atomic E-state index is 12.8. The molecule has 1 aliphatic rings. The molecule has 1 unspecified atom stereocenters. The number of nitrogens with zero attached hydrogens (tertiary/aromatic N) is 3. The van der Waals surface area contributed by atoms with Crippen LogP contribution in [0.2, 0.25) is 0 Å². The van der Waals surface area contributed by atoms with Crippen molar-refractivity contribution in [2.75, 3.05) is 23.7 Å². The number of amidine groups is 2. The van der Waals surface area contributed by atoms with Crippen molar-refractivity contribution >= 4 is 71.5 Å². The fourth-order valence-electron chi connectivity index (χ4n) is 2.75. The molecule has 0 radical (unpaired) electrons. The zero-order valence-electron chi connectivity index (χ0n) is 16.3. The van der Waals surface area contributed by atoms with E-state index < -0.39 is 26.9 Å². The average molecular weight is 534 g/mol. The number of thiophene rings is 1. The van der Waals surface area contributed by atoms with Crippen molar-refractivity contribution in [2.24, 2.45) is 8.80 Å². The van der Waals surface area contributed by atoms with E-state index in [0.717, 1.165) is 15.8 Å². The highest BCUT2D eigenvalue weighted by molar-refractivity contribution is 9.10. The standard InChI is InChI=1S/C17H20BrN5O4S3/c1-4-23(5-2)30(26,27)17-14(24)13(10(3)28-17)20-16-15(21-29(25)22-16)19-12-9-7-6-8-11(12)18/h6-9,24H,4-5H2,1-3H3,(H,19,21)(H,20,22). The lowest BCUT2D eigenvalue weighted by atomic mass is 10.3. The molecule has 9 nitrogen and oxygen atoms in total. The van der Waals surface area contributed by atoms with Crippen LogP contribution in [-0.2, 0) is 21.2 Å². The van der Waals surface area contributed by atoms with Gasteiger partial charge >= 0.3 is 0 Å². The predicted octanol–water partition coefficient (Wildman–Crippen LogP) is 3.47. The first kappa shape index (κ1) is 22.9. The minimum Gasteiger partial charge on any atom is -0.504 e. The van der Waals surface area contributed by atoms with E-state index in [9.17, 15) is 17.7 Å². The van der Waals surface area contributed by atoms with E-state index in [1.807, 2.05) is 18.2 Å². The lowest BCUT2D eigenvalue weighted by Crippen LogP contribution is -2.30. The van der Waals surface area contributed by atoms with Gasteiger partial charge < -0.3 is 15.7 Å². The zero-order chi connectivity index (χ0) is 22.1. The maximum Gasteiger partial charge on any atom is 0.269 e. The van der Waals surface area contributed by atoms with Gasteiger partial charge in [-0.3, -0.25) is 0 Å². The lowest BCUT2D eigenvalue weighted by Gasteiger charge is -2.17. The van der Waals surface area contributed by atoms with Crippen molar-refractivity contribution in [2.45, 2.75) is 25.0 Å². The molecular weight excluding hydrogens is 514 g/mol. The first-order valence-electron chi connectivity index (χ1n) is 8.89. The lowest BCUT2D eigenvalue weighted by molar-refractivity contribution is 0.434.